The van der Waals surface area contributed by atoms with E-state index in [0.717, 1.165) is 25.7 Å². The number of rotatable bonds is 6. The molecule has 7 nitrogen and oxygen atoms in total. The molecular formula is C12H19N3O4. The Balaban J connectivity index is 1.78. The zero-order chi connectivity index (χ0) is 13.7. The summed E-state index contributed by atoms with van der Waals surface area (Å²) in [4.78, 5) is 23.2. The van der Waals surface area contributed by atoms with E-state index in [1.807, 2.05) is 0 Å². The molecule has 0 unspecified atom stereocenters. The number of carbonyl (C=O) groups is 1. The normalized spacial score (nSPS) is 15.8. The van der Waals surface area contributed by atoms with Crippen molar-refractivity contribution in [2.24, 2.45) is 5.92 Å². The van der Waals surface area contributed by atoms with E-state index in [9.17, 15) is 9.59 Å². The summed E-state index contributed by atoms with van der Waals surface area (Å²) in [6.07, 6.45) is 4.18. The molecule has 1 heterocycles. The lowest BCUT2D eigenvalue weighted by Gasteiger charge is -2.09. The van der Waals surface area contributed by atoms with Gasteiger partial charge in [0.15, 0.2) is 0 Å². The van der Waals surface area contributed by atoms with Crippen molar-refractivity contribution in [3.05, 3.63) is 16.4 Å². The number of hydrogen-bond donors (Lipinski definition) is 1. The fraction of sp³-hybridized carbons (Fsp3) is 0.750. The second-order valence-corrected chi connectivity index (χ2v) is 4.69. The van der Waals surface area contributed by atoms with Gasteiger partial charge in [-0.15, -0.1) is 5.10 Å². The molecule has 0 spiro atoms. The Labute approximate surface area is 110 Å². The molecule has 2 rings (SSSR count). The van der Waals surface area contributed by atoms with E-state index in [2.05, 4.69) is 10.4 Å². The lowest BCUT2D eigenvalue weighted by atomic mass is 10.1. The summed E-state index contributed by atoms with van der Waals surface area (Å²) in [6, 6.07) is 0. The first-order valence-electron chi connectivity index (χ1n) is 6.54. The predicted molar refractivity (Wildman–Crippen MR) is 66.4 cm³/mol. The van der Waals surface area contributed by atoms with Crippen molar-refractivity contribution in [2.75, 3.05) is 13.7 Å². The Morgan fingerprint density at radius 1 is 1.53 bits per heavy atom. The van der Waals surface area contributed by atoms with E-state index in [-0.39, 0.29) is 24.3 Å². The summed E-state index contributed by atoms with van der Waals surface area (Å²) in [5.41, 5.74) is 0. The predicted octanol–water partition coefficient (Wildman–Crippen LogP) is 0.289. The smallest absolute Gasteiger partial charge is 0.390 e. The Morgan fingerprint density at radius 3 is 2.95 bits per heavy atom. The minimum atomic E-state index is -0.526. The fourth-order valence-electron chi connectivity index (χ4n) is 2.29. The van der Waals surface area contributed by atoms with Gasteiger partial charge >= 0.3 is 5.76 Å². The number of aromatic nitrogens is 2. The lowest BCUT2D eigenvalue weighted by molar-refractivity contribution is -0.124. The van der Waals surface area contributed by atoms with Crippen LogP contribution in [-0.2, 0) is 22.7 Å². The average Bonchev–Trinajstić information content (AvgIpc) is 3.00. The Hall–Kier alpha value is -1.63. The monoisotopic (exact) mass is 269 g/mol. The Bertz CT molecular complexity index is 474. The number of carbonyl (C=O) groups excluding carboxylic acids is 1. The first-order chi connectivity index (χ1) is 9.20. The van der Waals surface area contributed by atoms with Gasteiger partial charge in [-0.3, -0.25) is 4.79 Å². The van der Waals surface area contributed by atoms with E-state index in [1.165, 1.54) is 11.8 Å². The van der Waals surface area contributed by atoms with E-state index >= 15 is 0 Å². The van der Waals surface area contributed by atoms with Crippen LogP contribution >= 0.6 is 0 Å². The van der Waals surface area contributed by atoms with Crippen molar-refractivity contribution in [3.8, 4) is 0 Å². The standard InChI is InChI=1S/C12H19N3O4/c1-18-8-10-14-15(12(17)19-10)7-6-13-11(16)9-4-2-3-5-9/h9H,2-8H2,1H3,(H,13,16). The molecule has 7 heteroatoms. The van der Waals surface area contributed by atoms with Gasteiger partial charge in [0.1, 0.15) is 6.61 Å². The summed E-state index contributed by atoms with van der Waals surface area (Å²) >= 11 is 0. The molecule has 1 aromatic heterocycles. The summed E-state index contributed by atoms with van der Waals surface area (Å²) < 4.78 is 10.9. The van der Waals surface area contributed by atoms with Crippen LogP contribution in [0.5, 0.6) is 0 Å². The lowest BCUT2D eigenvalue weighted by Crippen LogP contribution is -2.33. The van der Waals surface area contributed by atoms with E-state index in [0.29, 0.717) is 13.1 Å². The fourth-order valence-corrected chi connectivity index (χ4v) is 2.29. The summed E-state index contributed by atoms with van der Waals surface area (Å²) in [5, 5.41) is 6.79. The number of amides is 1. The second-order valence-electron chi connectivity index (χ2n) is 4.69. The third kappa shape index (κ3) is 3.66. The van der Waals surface area contributed by atoms with Gasteiger partial charge in [-0.25, -0.2) is 4.79 Å². The summed E-state index contributed by atoms with van der Waals surface area (Å²) in [6.45, 7) is 0.857. The van der Waals surface area contributed by atoms with E-state index in [1.54, 1.807) is 0 Å². The Morgan fingerprint density at radius 2 is 2.26 bits per heavy atom. The van der Waals surface area contributed by atoms with Crippen LogP contribution in [0.2, 0.25) is 0 Å². The highest BCUT2D eigenvalue weighted by Crippen LogP contribution is 2.24. The van der Waals surface area contributed by atoms with Crippen LogP contribution in [0.15, 0.2) is 9.21 Å². The van der Waals surface area contributed by atoms with Gasteiger partial charge in [-0.1, -0.05) is 12.8 Å². The number of hydrogen-bond acceptors (Lipinski definition) is 5. The first kappa shape index (κ1) is 13.8. The molecule has 1 aliphatic carbocycles. The first-order valence-corrected chi connectivity index (χ1v) is 6.54. The number of ether oxygens (including phenoxy) is 1. The third-order valence-electron chi connectivity index (χ3n) is 3.26. The van der Waals surface area contributed by atoms with Crippen molar-refractivity contribution < 1.29 is 13.9 Å². The van der Waals surface area contributed by atoms with Gasteiger partial charge in [-0.05, 0) is 12.8 Å². The minimum absolute atomic E-state index is 0.0751. The molecule has 1 N–H and O–H groups in total. The van der Waals surface area contributed by atoms with Gasteiger partial charge in [-0.2, -0.15) is 4.68 Å². The van der Waals surface area contributed by atoms with E-state index in [4.69, 9.17) is 9.15 Å². The molecule has 19 heavy (non-hydrogen) atoms. The maximum atomic E-state index is 11.8. The molecule has 1 aromatic rings. The molecule has 1 fully saturated rings. The number of nitrogens with zero attached hydrogens (tertiary/aromatic N) is 2. The second kappa shape index (κ2) is 6.51. The van der Waals surface area contributed by atoms with Gasteiger partial charge in [0, 0.05) is 19.6 Å². The molecule has 1 saturated carbocycles. The average molecular weight is 269 g/mol. The van der Waals surface area contributed by atoms with Crippen molar-refractivity contribution >= 4 is 5.91 Å². The highest BCUT2D eigenvalue weighted by molar-refractivity contribution is 5.78. The molecule has 106 valence electrons. The van der Waals surface area contributed by atoms with Gasteiger partial charge < -0.3 is 14.5 Å². The van der Waals surface area contributed by atoms with Crippen LogP contribution in [0.1, 0.15) is 31.6 Å². The van der Waals surface area contributed by atoms with Crippen LogP contribution < -0.4 is 11.1 Å². The van der Waals surface area contributed by atoms with Crippen molar-refractivity contribution in [1.29, 1.82) is 0 Å². The molecule has 0 bridgehead atoms. The highest BCUT2D eigenvalue weighted by Gasteiger charge is 2.22. The molecular weight excluding hydrogens is 250 g/mol. The van der Waals surface area contributed by atoms with Gasteiger partial charge in [0.2, 0.25) is 11.8 Å². The molecule has 1 amide bonds. The summed E-state index contributed by atoms with van der Waals surface area (Å²) in [7, 11) is 1.50. The maximum Gasteiger partial charge on any atom is 0.437 e. The topological polar surface area (TPSA) is 86.4 Å². The number of nitrogens with one attached hydrogen (secondary N) is 1. The van der Waals surface area contributed by atoms with Crippen LogP contribution in [-0.4, -0.2) is 29.3 Å². The van der Waals surface area contributed by atoms with Crippen LogP contribution in [0.3, 0.4) is 0 Å². The SMILES string of the molecule is COCc1nn(CCNC(=O)C2CCCC2)c(=O)o1. The molecule has 0 saturated heterocycles. The minimum Gasteiger partial charge on any atom is -0.390 e. The third-order valence-corrected chi connectivity index (χ3v) is 3.26. The zero-order valence-electron chi connectivity index (χ0n) is 11.1. The van der Waals surface area contributed by atoms with Crippen LogP contribution in [0.25, 0.3) is 0 Å². The van der Waals surface area contributed by atoms with Crippen LogP contribution in [0.4, 0.5) is 0 Å². The molecule has 0 aliphatic heterocycles. The van der Waals surface area contributed by atoms with E-state index < -0.39 is 5.76 Å². The maximum absolute atomic E-state index is 11.8. The summed E-state index contributed by atoms with van der Waals surface area (Å²) in [5.74, 6) is -0.0685. The molecule has 0 atom stereocenters. The quantitative estimate of drug-likeness (QED) is 0.802. The van der Waals surface area contributed by atoms with Gasteiger partial charge in [0.05, 0.1) is 6.54 Å². The van der Waals surface area contributed by atoms with Crippen molar-refractivity contribution in [3.63, 3.8) is 0 Å². The molecule has 0 aromatic carbocycles. The molecule has 0 radical (unpaired) electrons. The van der Waals surface area contributed by atoms with Crippen molar-refractivity contribution in [2.45, 2.75) is 38.8 Å². The highest BCUT2D eigenvalue weighted by atomic mass is 16.5. The van der Waals surface area contributed by atoms with Crippen molar-refractivity contribution in [1.82, 2.24) is 15.1 Å². The zero-order valence-corrected chi connectivity index (χ0v) is 11.1. The number of methoxy groups -OCH3 is 1. The largest absolute Gasteiger partial charge is 0.437 e. The van der Waals surface area contributed by atoms with Crippen LogP contribution in [0, 0.1) is 5.92 Å². The Kier molecular flexibility index (Phi) is 4.73. The van der Waals surface area contributed by atoms with Gasteiger partial charge in [0.25, 0.3) is 0 Å². The molecule has 1 aliphatic rings.